The predicted octanol–water partition coefficient (Wildman–Crippen LogP) is 2.52. The summed E-state index contributed by atoms with van der Waals surface area (Å²) in [6.45, 7) is 5.60. The van der Waals surface area contributed by atoms with Gasteiger partial charge in [0.15, 0.2) is 0 Å². The number of hydrogen-bond donors (Lipinski definition) is 1. The molecule has 0 saturated carbocycles. The third-order valence-corrected chi connectivity index (χ3v) is 3.56. The molecule has 1 fully saturated rings. The van der Waals surface area contributed by atoms with Crippen LogP contribution in [0.5, 0.6) is 0 Å². The Labute approximate surface area is 127 Å². The summed E-state index contributed by atoms with van der Waals surface area (Å²) >= 11 is 5.59. The molecule has 1 aromatic rings. The highest BCUT2D eigenvalue weighted by atomic mass is 35.5. The lowest BCUT2D eigenvalue weighted by Crippen LogP contribution is -2.42. The molecule has 2 rings (SSSR count). The molecule has 8 heteroatoms. The molecular weight excluding hydrogens is 301 g/mol. The van der Waals surface area contributed by atoms with Gasteiger partial charge in [0.2, 0.25) is 0 Å². The first kappa shape index (κ1) is 15.9. The Morgan fingerprint density at radius 2 is 2.19 bits per heavy atom. The standard InChI is InChI=1S/C13H17ClFN3O3/c1-9(8-17-2-4-21-5-3-17)16-12-7-11(15)10(14)6-13(12)18(19)20/h6-7,9,16H,2-5,8H2,1H3. The molecule has 1 heterocycles. The fourth-order valence-corrected chi connectivity index (χ4v) is 2.44. The van der Waals surface area contributed by atoms with Crippen molar-refractivity contribution in [2.24, 2.45) is 0 Å². The van der Waals surface area contributed by atoms with E-state index in [0.717, 1.165) is 25.2 Å². The second-order valence-corrected chi connectivity index (χ2v) is 5.41. The number of nitrogens with zero attached hydrogens (tertiary/aromatic N) is 2. The third kappa shape index (κ3) is 4.26. The number of benzene rings is 1. The Kier molecular flexibility index (Phi) is 5.33. The van der Waals surface area contributed by atoms with E-state index in [9.17, 15) is 14.5 Å². The smallest absolute Gasteiger partial charge is 0.294 e. The van der Waals surface area contributed by atoms with Crippen molar-refractivity contribution in [3.8, 4) is 0 Å². The fourth-order valence-electron chi connectivity index (χ4n) is 2.29. The van der Waals surface area contributed by atoms with Crippen molar-refractivity contribution in [1.29, 1.82) is 0 Å². The molecule has 0 radical (unpaired) electrons. The Morgan fingerprint density at radius 1 is 1.52 bits per heavy atom. The van der Waals surface area contributed by atoms with Crippen molar-refractivity contribution in [3.05, 3.63) is 33.1 Å². The normalized spacial score (nSPS) is 17.5. The molecule has 0 bridgehead atoms. The summed E-state index contributed by atoms with van der Waals surface area (Å²) < 4.78 is 18.8. The van der Waals surface area contributed by atoms with Crippen LogP contribution in [-0.2, 0) is 4.74 Å². The molecule has 1 unspecified atom stereocenters. The first-order valence-corrected chi connectivity index (χ1v) is 7.05. The highest BCUT2D eigenvalue weighted by molar-refractivity contribution is 6.31. The van der Waals surface area contributed by atoms with Gasteiger partial charge in [-0.25, -0.2) is 4.39 Å². The molecule has 6 nitrogen and oxygen atoms in total. The number of rotatable bonds is 5. The van der Waals surface area contributed by atoms with Gasteiger partial charge < -0.3 is 10.1 Å². The molecule has 1 aliphatic rings. The first-order chi connectivity index (χ1) is 9.97. The van der Waals surface area contributed by atoms with Crippen molar-refractivity contribution in [2.45, 2.75) is 13.0 Å². The summed E-state index contributed by atoms with van der Waals surface area (Å²) in [5.74, 6) is -0.677. The molecule has 0 aromatic heterocycles. The Hall–Kier alpha value is -1.44. The number of nitro groups is 1. The molecule has 1 N–H and O–H groups in total. The number of anilines is 1. The van der Waals surface area contributed by atoms with Gasteiger partial charge in [0.05, 0.1) is 23.2 Å². The topological polar surface area (TPSA) is 67.6 Å². The van der Waals surface area contributed by atoms with Crippen molar-refractivity contribution in [3.63, 3.8) is 0 Å². The van der Waals surface area contributed by atoms with Gasteiger partial charge in [-0.15, -0.1) is 0 Å². The van der Waals surface area contributed by atoms with Crippen LogP contribution in [0.15, 0.2) is 12.1 Å². The van der Waals surface area contributed by atoms with Crippen molar-refractivity contribution in [1.82, 2.24) is 4.90 Å². The number of nitrogens with one attached hydrogen (secondary N) is 1. The molecule has 1 atom stereocenters. The van der Waals surface area contributed by atoms with Gasteiger partial charge in [-0.2, -0.15) is 0 Å². The van der Waals surface area contributed by atoms with Crippen molar-refractivity contribution < 1.29 is 14.1 Å². The van der Waals surface area contributed by atoms with E-state index in [-0.39, 0.29) is 22.4 Å². The SMILES string of the molecule is CC(CN1CCOCC1)Nc1cc(F)c(Cl)cc1[N+](=O)[O-]. The third-order valence-electron chi connectivity index (χ3n) is 3.27. The summed E-state index contributed by atoms with van der Waals surface area (Å²) in [5.41, 5.74) is -0.0853. The van der Waals surface area contributed by atoms with Crippen molar-refractivity contribution in [2.75, 3.05) is 38.2 Å². The average Bonchev–Trinajstić information content (AvgIpc) is 2.43. The second-order valence-electron chi connectivity index (χ2n) is 5.00. The molecule has 1 aliphatic heterocycles. The van der Waals surface area contributed by atoms with Gasteiger partial charge >= 0.3 is 0 Å². The van der Waals surface area contributed by atoms with Gasteiger partial charge in [0, 0.05) is 37.8 Å². The monoisotopic (exact) mass is 317 g/mol. The summed E-state index contributed by atoms with van der Waals surface area (Å²) in [5, 5.41) is 13.7. The van der Waals surface area contributed by atoms with E-state index in [1.807, 2.05) is 6.92 Å². The zero-order valence-corrected chi connectivity index (χ0v) is 12.4. The highest BCUT2D eigenvalue weighted by Gasteiger charge is 2.20. The van der Waals surface area contributed by atoms with Crippen LogP contribution in [0.25, 0.3) is 0 Å². The maximum atomic E-state index is 13.5. The van der Waals surface area contributed by atoms with Crippen LogP contribution in [0.2, 0.25) is 5.02 Å². The fraction of sp³-hybridized carbons (Fsp3) is 0.538. The number of halogens is 2. The second kappa shape index (κ2) is 7.02. The molecule has 21 heavy (non-hydrogen) atoms. The van der Waals surface area contributed by atoms with Gasteiger partial charge in [-0.1, -0.05) is 11.6 Å². The van der Waals surface area contributed by atoms with E-state index >= 15 is 0 Å². The van der Waals surface area contributed by atoms with Crippen LogP contribution in [0, 0.1) is 15.9 Å². The highest BCUT2D eigenvalue weighted by Crippen LogP contribution is 2.30. The number of hydrogen-bond acceptors (Lipinski definition) is 5. The summed E-state index contributed by atoms with van der Waals surface area (Å²) in [6, 6.07) is 2.03. The predicted molar refractivity (Wildman–Crippen MR) is 78.4 cm³/mol. The minimum atomic E-state index is -0.677. The van der Waals surface area contributed by atoms with E-state index in [1.165, 1.54) is 0 Å². The minimum Gasteiger partial charge on any atom is -0.379 e. The number of ether oxygens (including phenoxy) is 1. The maximum absolute atomic E-state index is 13.5. The lowest BCUT2D eigenvalue weighted by atomic mass is 10.2. The lowest BCUT2D eigenvalue weighted by Gasteiger charge is -2.29. The van der Waals surface area contributed by atoms with Crippen LogP contribution < -0.4 is 5.32 Å². The number of nitro benzene ring substituents is 1. The quantitative estimate of drug-likeness (QED) is 0.667. The van der Waals surface area contributed by atoms with Crippen LogP contribution >= 0.6 is 11.6 Å². The molecule has 0 spiro atoms. The van der Waals surface area contributed by atoms with Crippen LogP contribution in [-0.4, -0.2) is 48.7 Å². The Balaban J connectivity index is 2.07. The lowest BCUT2D eigenvalue weighted by molar-refractivity contribution is -0.384. The van der Waals surface area contributed by atoms with Gasteiger partial charge in [0.25, 0.3) is 5.69 Å². The Morgan fingerprint density at radius 3 is 2.81 bits per heavy atom. The van der Waals surface area contributed by atoms with Gasteiger partial charge in [0.1, 0.15) is 11.5 Å². The summed E-state index contributed by atoms with van der Waals surface area (Å²) in [4.78, 5) is 12.6. The zero-order chi connectivity index (χ0) is 15.4. The Bertz CT molecular complexity index is 524. The molecule has 0 aliphatic carbocycles. The summed E-state index contributed by atoms with van der Waals surface area (Å²) in [6.07, 6.45) is 0. The molecule has 0 amide bonds. The van der Waals surface area contributed by atoms with Crippen LogP contribution in [0.3, 0.4) is 0 Å². The van der Waals surface area contributed by atoms with Gasteiger partial charge in [-0.3, -0.25) is 15.0 Å². The van der Waals surface area contributed by atoms with E-state index in [2.05, 4.69) is 10.2 Å². The van der Waals surface area contributed by atoms with Gasteiger partial charge in [-0.05, 0) is 6.92 Å². The molecular formula is C13H17ClFN3O3. The van der Waals surface area contributed by atoms with Crippen molar-refractivity contribution >= 4 is 23.0 Å². The number of morpholine rings is 1. The summed E-state index contributed by atoms with van der Waals surface area (Å²) in [7, 11) is 0. The first-order valence-electron chi connectivity index (χ1n) is 6.67. The molecule has 116 valence electrons. The minimum absolute atomic E-state index is 0.0672. The van der Waals surface area contributed by atoms with E-state index in [1.54, 1.807) is 0 Å². The van der Waals surface area contributed by atoms with E-state index in [4.69, 9.17) is 16.3 Å². The molecule has 1 saturated heterocycles. The maximum Gasteiger partial charge on any atom is 0.294 e. The largest absolute Gasteiger partial charge is 0.379 e. The molecule has 1 aromatic carbocycles. The zero-order valence-electron chi connectivity index (χ0n) is 11.6. The van der Waals surface area contributed by atoms with E-state index < -0.39 is 10.7 Å². The average molecular weight is 318 g/mol. The van der Waals surface area contributed by atoms with Crippen LogP contribution in [0.4, 0.5) is 15.8 Å². The van der Waals surface area contributed by atoms with E-state index in [0.29, 0.717) is 19.8 Å². The van der Waals surface area contributed by atoms with Crippen LogP contribution in [0.1, 0.15) is 6.92 Å².